The van der Waals surface area contributed by atoms with Gasteiger partial charge in [0.1, 0.15) is 17.1 Å². The molecule has 1 aromatic carbocycles. The minimum atomic E-state index is -0.472. The lowest BCUT2D eigenvalue weighted by atomic mass is 9.82. The molecule has 2 aliphatic heterocycles. The third-order valence-corrected chi connectivity index (χ3v) is 6.73. The first-order valence-corrected chi connectivity index (χ1v) is 11.6. The van der Waals surface area contributed by atoms with Crippen molar-refractivity contribution in [2.24, 2.45) is 0 Å². The van der Waals surface area contributed by atoms with Gasteiger partial charge in [0.25, 0.3) is 5.91 Å². The van der Waals surface area contributed by atoms with Crippen LogP contribution in [0, 0.1) is 6.92 Å². The zero-order chi connectivity index (χ0) is 23.1. The molecule has 2 aromatic rings. The number of rotatable bonds is 3. The van der Waals surface area contributed by atoms with Crippen LogP contribution in [0.4, 0.5) is 0 Å². The van der Waals surface area contributed by atoms with Crippen LogP contribution in [0.15, 0.2) is 34.7 Å². The van der Waals surface area contributed by atoms with Gasteiger partial charge in [-0.05, 0) is 32.4 Å². The Bertz CT molecular complexity index is 1020. The maximum absolute atomic E-state index is 13.3. The third-order valence-electron chi connectivity index (χ3n) is 6.73. The highest BCUT2D eigenvalue weighted by molar-refractivity contribution is 5.93. The van der Waals surface area contributed by atoms with E-state index in [-0.39, 0.29) is 23.3 Å². The number of aryl methyl sites for hydroxylation is 1. The molecule has 6 nitrogen and oxygen atoms in total. The number of nitrogens with zero attached hydrogens (tertiary/aromatic N) is 1. The van der Waals surface area contributed by atoms with Crippen LogP contribution in [-0.2, 0) is 10.2 Å². The monoisotopic (exact) mass is 438 g/mol. The number of likely N-dealkylation sites (tertiary alicyclic amines) is 1. The van der Waals surface area contributed by atoms with Gasteiger partial charge in [-0.15, -0.1) is 0 Å². The Morgan fingerprint density at radius 1 is 1.25 bits per heavy atom. The molecule has 1 aromatic heterocycles. The van der Waals surface area contributed by atoms with Gasteiger partial charge < -0.3 is 19.4 Å². The van der Waals surface area contributed by atoms with E-state index in [1.807, 2.05) is 49.1 Å². The third kappa shape index (κ3) is 4.27. The summed E-state index contributed by atoms with van der Waals surface area (Å²) in [5.74, 6) is 1.91. The lowest BCUT2D eigenvalue weighted by Crippen LogP contribution is -2.46. The minimum Gasteiger partial charge on any atom is -0.487 e. The highest BCUT2D eigenvalue weighted by atomic mass is 16.5. The largest absolute Gasteiger partial charge is 0.487 e. The summed E-state index contributed by atoms with van der Waals surface area (Å²) in [5, 5.41) is 3.21. The van der Waals surface area contributed by atoms with E-state index < -0.39 is 5.60 Å². The van der Waals surface area contributed by atoms with E-state index in [1.165, 1.54) is 0 Å². The molecule has 6 heteroatoms. The van der Waals surface area contributed by atoms with E-state index in [4.69, 9.17) is 9.15 Å². The summed E-state index contributed by atoms with van der Waals surface area (Å²) < 4.78 is 12.5. The van der Waals surface area contributed by atoms with Gasteiger partial charge in [0, 0.05) is 48.9 Å². The second kappa shape index (κ2) is 8.30. The quantitative estimate of drug-likeness (QED) is 0.739. The smallest absolute Gasteiger partial charge is 0.287 e. The summed E-state index contributed by atoms with van der Waals surface area (Å²) in [5.41, 5.74) is 1.16. The maximum atomic E-state index is 13.3. The summed E-state index contributed by atoms with van der Waals surface area (Å²) in [6.07, 6.45) is 2.49. The van der Waals surface area contributed by atoms with Crippen molar-refractivity contribution in [3.05, 3.63) is 53.0 Å². The second-order valence-electron chi connectivity index (χ2n) is 10.1. The molecule has 1 N–H and O–H groups in total. The van der Waals surface area contributed by atoms with Crippen molar-refractivity contribution in [2.75, 3.05) is 13.1 Å². The lowest BCUT2D eigenvalue weighted by Gasteiger charge is -2.42. The molecule has 0 saturated carbocycles. The number of ether oxygens (including phenoxy) is 1. The Kier molecular flexibility index (Phi) is 5.82. The van der Waals surface area contributed by atoms with E-state index in [0.29, 0.717) is 38.1 Å². The van der Waals surface area contributed by atoms with Gasteiger partial charge in [-0.2, -0.15) is 0 Å². The van der Waals surface area contributed by atoms with E-state index in [9.17, 15) is 9.59 Å². The summed E-state index contributed by atoms with van der Waals surface area (Å²) in [7, 11) is 0. The number of carbonyl (C=O) groups excluding carboxylic acids is 2. The van der Waals surface area contributed by atoms with E-state index in [1.54, 1.807) is 0 Å². The lowest BCUT2D eigenvalue weighted by molar-refractivity contribution is -0.130. The number of hydrogen-bond acceptors (Lipinski definition) is 4. The molecule has 4 rings (SSSR count). The molecule has 2 amide bonds. The van der Waals surface area contributed by atoms with Gasteiger partial charge >= 0.3 is 0 Å². The van der Waals surface area contributed by atoms with Gasteiger partial charge in [-0.3, -0.25) is 9.59 Å². The molecule has 0 radical (unpaired) electrons. The van der Waals surface area contributed by atoms with Crippen molar-refractivity contribution < 1.29 is 18.7 Å². The molecule has 0 aliphatic carbocycles. The average Bonchev–Trinajstić information content (AvgIpc) is 3.08. The molecule has 1 saturated heterocycles. The zero-order valence-corrected chi connectivity index (χ0v) is 19.8. The number of amides is 2. The standard InChI is InChI=1S/C26H34N2O4/c1-6-28-14-13-26(12-11-22(28)29)16-19(18-9-7-8-10-20(18)32-26)27-24(30)23-17(2)15-21(31-23)25(3,4)5/h7-10,15,19H,6,11-14,16H2,1-5H3,(H,27,30). The van der Waals surface area contributed by atoms with Gasteiger partial charge in [-0.1, -0.05) is 39.0 Å². The van der Waals surface area contributed by atoms with E-state index in [0.717, 1.165) is 29.1 Å². The highest BCUT2D eigenvalue weighted by Crippen LogP contribution is 2.44. The Balaban J connectivity index is 1.61. The summed E-state index contributed by atoms with van der Waals surface area (Å²) >= 11 is 0. The van der Waals surface area contributed by atoms with Gasteiger partial charge in [-0.25, -0.2) is 0 Å². The van der Waals surface area contributed by atoms with Crippen molar-refractivity contribution in [3.8, 4) is 5.75 Å². The van der Waals surface area contributed by atoms with Crippen molar-refractivity contribution in [3.63, 3.8) is 0 Å². The molecule has 2 unspecified atom stereocenters. The van der Waals surface area contributed by atoms with Crippen molar-refractivity contribution in [1.82, 2.24) is 10.2 Å². The zero-order valence-electron chi connectivity index (χ0n) is 19.8. The van der Waals surface area contributed by atoms with Crippen molar-refractivity contribution in [1.29, 1.82) is 0 Å². The number of nitrogens with one attached hydrogen (secondary N) is 1. The Morgan fingerprint density at radius 3 is 2.69 bits per heavy atom. The Hall–Kier alpha value is -2.76. The first-order valence-electron chi connectivity index (χ1n) is 11.6. The maximum Gasteiger partial charge on any atom is 0.287 e. The molecule has 1 spiro atoms. The van der Waals surface area contributed by atoms with Gasteiger partial charge in [0.2, 0.25) is 5.91 Å². The summed E-state index contributed by atoms with van der Waals surface area (Å²) in [4.78, 5) is 27.6. The second-order valence-corrected chi connectivity index (χ2v) is 10.1. The van der Waals surface area contributed by atoms with Crippen LogP contribution < -0.4 is 10.1 Å². The fourth-order valence-electron chi connectivity index (χ4n) is 4.77. The van der Waals surface area contributed by atoms with Gasteiger partial charge in [0.05, 0.1) is 6.04 Å². The van der Waals surface area contributed by atoms with Crippen molar-refractivity contribution >= 4 is 11.8 Å². The first-order chi connectivity index (χ1) is 15.1. The fourth-order valence-corrected chi connectivity index (χ4v) is 4.77. The van der Waals surface area contributed by atoms with Crippen LogP contribution in [-0.4, -0.2) is 35.4 Å². The van der Waals surface area contributed by atoms with Crippen LogP contribution in [0.2, 0.25) is 0 Å². The summed E-state index contributed by atoms with van der Waals surface area (Å²) in [6.45, 7) is 11.5. The highest BCUT2D eigenvalue weighted by Gasteiger charge is 2.44. The van der Waals surface area contributed by atoms with Crippen LogP contribution in [0.1, 0.15) is 86.9 Å². The minimum absolute atomic E-state index is 0.170. The SMILES string of the molecule is CCN1CCC2(CCC1=O)CC(NC(=O)c1oc(C(C)(C)C)cc1C)c1ccccc1O2. The Morgan fingerprint density at radius 2 is 2.00 bits per heavy atom. The molecule has 1 fully saturated rings. The number of para-hydroxylation sites is 1. The van der Waals surface area contributed by atoms with E-state index in [2.05, 4.69) is 26.1 Å². The normalized spacial score (nSPS) is 23.5. The molecule has 0 bridgehead atoms. The van der Waals surface area contributed by atoms with Crippen molar-refractivity contribution in [2.45, 2.75) is 77.4 Å². The molecular formula is C26H34N2O4. The fraction of sp³-hybridized carbons (Fsp3) is 0.538. The molecular weight excluding hydrogens is 404 g/mol. The first kappa shape index (κ1) is 22.4. The number of carbonyl (C=O) groups is 2. The predicted octanol–water partition coefficient (Wildman–Crippen LogP) is 4.91. The van der Waals surface area contributed by atoms with E-state index >= 15 is 0 Å². The topological polar surface area (TPSA) is 71.8 Å². The molecule has 172 valence electrons. The number of hydrogen-bond donors (Lipinski definition) is 1. The molecule has 2 aliphatic rings. The molecule has 3 heterocycles. The number of benzene rings is 1. The average molecular weight is 439 g/mol. The van der Waals surface area contributed by atoms with Crippen LogP contribution in [0.5, 0.6) is 5.75 Å². The predicted molar refractivity (Wildman–Crippen MR) is 123 cm³/mol. The Labute approximate surface area is 190 Å². The molecule has 32 heavy (non-hydrogen) atoms. The van der Waals surface area contributed by atoms with Gasteiger partial charge in [0.15, 0.2) is 5.76 Å². The summed E-state index contributed by atoms with van der Waals surface area (Å²) in [6, 6.07) is 9.61. The molecule has 2 atom stereocenters. The van der Waals surface area contributed by atoms with Crippen LogP contribution in [0.25, 0.3) is 0 Å². The number of fused-ring (bicyclic) bond motifs is 1. The van der Waals surface area contributed by atoms with Crippen LogP contribution >= 0.6 is 0 Å². The number of furan rings is 1. The van der Waals surface area contributed by atoms with Crippen LogP contribution in [0.3, 0.4) is 0 Å².